The van der Waals surface area contributed by atoms with Crippen LogP contribution in [0.1, 0.15) is 69.2 Å². The molecule has 2 saturated carbocycles. The van der Waals surface area contributed by atoms with Crippen molar-refractivity contribution < 1.29 is 59.4 Å². The Labute approximate surface area is 349 Å². The molecule has 14 nitrogen and oxygen atoms in total. The van der Waals surface area contributed by atoms with Crippen LogP contribution in [0.4, 0.5) is 17.6 Å². The Kier molecular flexibility index (Phi) is 12.0. The van der Waals surface area contributed by atoms with Crippen molar-refractivity contribution in [2.24, 2.45) is 17.8 Å². The van der Waals surface area contributed by atoms with Gasteiger partial charge >= 0.3 is 0 Å². The third-order valence-corrected chi connectivity index (χ3v) is 14.4. The summed E-state index contributed by atoms with van der Waals surface area (Å²) in [6, 6.07) is 2.17. The Balaban J connectivity index is 1.26. The van der Waals surface area contributed by atoms with Gasteiger partial charge < -0.3 is 29.7 Å². The predicted octanol–water partition coefficient (Wildman–Crippen LogP) is 4.65. The average molecular weight is 874 g/mol. The maximum atomic E-state index is 15.1. The number of nitrogens with zero attached hydrogens (tertiary/aromatic N) is 2. The molecular formula is C42H47F4N5O9S. The summed E-state index contributed by atoms with van der Waals surface area (Å²) < 4.78 is 101. The summed E-state index contributed by atoms with van der Waals surface area (Å²) in [5.41, 5.74) is -2.30. The van der Waals surface area contributed by atoms with E-state index >= 15 is 4.39 Å². The zero-order chi connectivity index (χ0) is 44.0. The number of carbonyl (C=O) groups excluding carboxylic acids is 4. The number of benzene rings is 2. The number of pyridine rings is 1. The summed E-state index contributed by atoms with van der Waals surface area (Å²) in [4.78, 5) is 62.5. The topological polar surface area (TPSA) is 182 Å². The fraction of sp³-hybridized carbons (Fsp3) is 0.500. The number of aromatic nitrogens is 1. The van der Waals surface area contributed by atoms with Crippen LogP contribution in [-0.4, -0.2) is 97.8 Å². The standard InChI is InChI=1S/C42H47F4N5O9S/c1-22-7-5-6-8-24-18-42(24,40(55)50-61(56,57)41(21-43)11-12-41)49-37(53)32-15-26(60-38-29-16-31(46)33(58-3)17-28(29)34(59-4)19-47-38)20-51(32)39(54)35(23(2)13-22)48-36(52)27-10-9-25(44)14-30(27)45/h6,8-10,14,16-17,19,22-24,26,32,35H,5,7,11-13,15,18,20-21H2,1-4H3,(H,48,52)(H,49,53)(H,50,55)/t22-,23-,24-,26-,32+,35+,42-/m1/s1. The number of hydrogen-bond acceptors (Lipinski definition) is 10. The van der Waals surface area contributed by atoms with E-state index in [4.69, 9.17) is 14.2 Å². The van der Waals surface area contributed by atoms with Gasteiger partial charge in [0.15, 0.2) is 11.6 Å². The van der Waals surface area contributed by atoms with Crippen molar-refractivity contribution in [3.05, 3.63) is 71.7 Å². The second-order valence-corrected chi connectivity index (χ2v) is 18.6. The van der Waals surface area contributed by atoms with Crippen LogP contribution < -0.4 is 29.6 Å². The van der Waals surface area contributed by atoms with Gasteiger partial charge in [-0.2, -0.15) is 0 Å². The van der Waals surface area contributed by atoms with Gasteiger partial charge in [0.25, 0.3) is 11.8 Å². The smallest absolute Gasteiger partial charge is 0.259 e. The molecule has 3 fully saturated rings. The minimum atomic E-state index is -4.48. The third kappa shape index (κ3) is 8.44. The number of allylic oxidation sites excluding steroid dienone is 1. The van der Waals surface area contributed by atoms with Crippen molar-refractivity contribution in [2.45, 2.75) is 87.3 Å². The van der Waals surface area contributed by atoms with Gasteiger partial charge in [0, 0.05) is 23.8 Å². The first kappa shape index (κ1) is 43.6. The Morgan fingerprint density at radius 3 is 2.41 bits per heavy atom. The van der Waals surface area contributed by atoms with Crippen molar-refractivity contribution in [3.63, 3.8) is 0 Å². The summed E-state index contributed by atoms with van der Waals surface area (Å²) >= 11 is 0. The van der Waals surface area contributed by atoms with Crippen LogP contribution in [0.3, 0.4) is 0 Å². The first-order valence-electron chi connectivity index (χ1n) is 20.0. The summed E-state index contributed by atoms with van der Waals surface area (Å²) in [6.07, 6.45) is 5.23. The van der Waals surface area contributed by atoms with Gasteiger partial charge in [-0.1, -0.05) is 26.0 Å². The number of rotatable bonds is 10. The lowest BCUT2D eigenvalue weighted by Gasteiger charge is -2.33. The highest BCUT2D eigenvalue weighted by atomic mass is 32.2. The number of sulfonamides is 1. The van der Waals surface area contributed by atoms with Crippen LogP contribution in [-0.2, 0) is 24.4 Å². The maximum Gasteiger partial charge on any atom is 0.259 e. The van der Waals surface area contributed by atoms with Gasteiger partial charge in [0.2, 0.25) is 27.7 Å². The molecule has 0 spiro atoms. The predicted molar refractivity (Wildman–Crippen MR) is 212 cm³/mol. The minimum Gasteiger partial charge on any atom is -0.494 e. The quantitative estimate of drug-likeness (QED) is 0.192. The molecule has 4 amide bonds. The zero-order valence-electron chi connectivity index (χ0n) is 33.9. The van der Waals surface area contributed by atoms with Crippen molar-refractivity contribution in [1.29, 1.82) is 0 Å². The van der Waals surface area contributed by atoms with Crippen LogP contribution in [0.5, 0.6) is 17.4 Å². The molecule has 0 radical (unpaired) electrons. The highest BCUT2D eigenvalue weighted by Crippen LogP contribution is 2.48. The molecule has 0 unspecified atom stereocenters. The molecule has 2 aromatic carbocycles. The van der Waals surface area contributed by atoms with Gasteiger partial charge in [-0.15, -0.1) is 0 Å². The molecule has 0 bridgehead atoms. The van der Waals surface area contributed by atoms with Crippen molar-refractivity contribution >= 4 is 44.4 Å². The molecule has 61 heavy (non-hydrogen) atoms. The number of ether oxygens (including phenoxy) is 3. The van der Waals surface area contributed by atoms with Gasteiger partial charge in [0.1, 0.15) is 52.5 Å². The molecule has 3 heterocycles. The van der Waals surface area contributed by atoms with Gasteiger partial charge in [-0.3, -0.25) is 23.9 Å². The van der Waals surface area contributed by atoms with E-state index in [1.54, 1.807) is 13.0 Å². The van der Waals surface area contributed by atoms with Gasteiger partial charge in [0.05, 0.1) is 37.9 Å². The molecular weight excluding hydrogens is 827 g/mol. The lowest BCUT2D eigenvalue weighted by molar-refractivity contribution is -0.142. The number of fused-ring (bicyclic) bond motifs is 3. The Morgan fingerprint density at radius 2 is 1.74 bits per heavy atom. The fourth-order valence-electron chi connectivity index (χ4n) is 8.40. The Hall–Kier alpha value is -5.46. The molecule has 1 saturated heterocycles. The lowest BCUT2D eigenvalue weighted by atomic mass is 9.87. The Bertz CT molecular complexity index is 2400. The molecule has 19 heteroatoms. The first-order valence-corrected chi connectivity index (χ1v) is 21.5. The number of methoxy groups -OCH3 is 2. The molecule has 2 aliphatic carbocycles. The summed E-state index contributed by atoms with van der Waals surface area (Å²) in [7, 11) is -1.78. The molecule has 7 atom stereocenters. The van der Waals surface area contributed by atoms with E-state index in [1.807, 2.05) is 17.7 Å². The van der Waals surface area contributed by atoms with Crippen LogP contribution >= 0.6 is 0 Å². The van der Waals surface area contributed by atoms with Crippen LogP contribution in [0, 0.1) is 35.2 Å². The second-order valence-electron chi connectivity index (χ2n) is 16.6. The number of amides is 4. The van der Waals surface area contributed by atoms with Gasteiger partial charge in [-0.05, 0) is 74.6 Å². The van der Waals surface area contributed by atoms with Gasteiger partial charge in [-0.25, -0.2) is 31.0 Å². The van der Waals surface area contributed by atoms with E-state index in [0.717, 1.165) is 18.2 Å². The highest BCUT2D eigenvalue weighted by molar-refractivity contribution is 7.91. The van der Waals surface area contributed by atoms with Crippen LogP contribution in [0.25, 0.3) is 10.8 Å². The summed E-state index contributed by atoms with van der Waals surface area (Å²) in [6.45, 7) is 2.18. The Morgan fingerprint density at radius 1 is 1.00 bits per heavy atom. The number of nitrogens with one attached hydrogen (secondary N) is 3. The lowest BCUT2D eigenvalue weighted by Crippen LogP contribution is -2.59. The molecule has 1 aromatic heterocycles. The largest absolute Gasteiger partial charge is 0.494 e. The van der Waals surface area contributed by atoms with E-state index in [9.17, 15) is 40.8 Å². The normalized spacial score (nSPS) is 27.4. The number of alkyl halides is 1. The monoisotopic (exact) mass is 873 g/mol. The molecule has 2 aliphatic heterocycles. The van der Waals surface area contributed by atoms with Crippen molar-refractivity contribution in [3.8, 4) is 17.4 Å². The zero-order valence-corrected chi connectivity index (χ0v) is 34.8. The molecule has 4 aliphatic rings. The number of halogens is 4. The number of hydrogen-bond donors (Lipinski definition) is 3. The third-order valence-electron chi connectivity index (χ3n) is 12.3. The van der Waals surface area contributed by atoms with E-state index in [1.165, 1.54) is 31.4 Å². The fourth-order valence-corrected chi connectivity index (χ4v) is 9.83. The second kappa shape index (κ2) is 16.8. The average Bonchev–Trinajstić information content (AvgIpc) is 4.12. The minimum absolute atomic E-state index is 0.00506. The summed E-state index contributed by atoms with van der Waals surface area (Å²) in [5, 5.41) is 5.91. The van der Waals surface area contributed by atoms with E-state index in [0.29, 0.717) is 30.7 Å². The first-order chi connectivity index (χ1) is 29.0. The molecule has 3 N–H and O–H groups in total. The highest BCUT2D eigenvalue weighted by Gasteiger charge is 2.64. The van der Waals surface area contributed by atoms with Crippen LogP contribution in [0.2, 0.25) is 0 Å². The molecule has 3 aromatic rings. The number of carbonyl (C=O) groups is 4. The summed E-state index contributed by atoms with van der Waals surface area (Å²) in [5.74, 6) is -7.65. The van der Waals surface area contributed by atoms with Crippen LogP contribution in [0.15, 0.2) is 48.7 Å². The molecule has 328 valence electrons. The molecule has 7 rings (SSSR count). The van der Waals surface area contributed by atoms with E-state index in [-0.39, 0.29) is 60.9 Å². The van der Waals surface area contributed by atoms with Crippen molar-refractivity contribution in [1.82, 2.24) is 25.2 Å². The van der Waals surface area contributed by atoms with E-state index in [2.05, 4.69) is 15.6 Å². The maximum absolute atomic E-state index is 15.1. The van der Waals surface area contributed by atoms with E-state index < -0.39 is 104 Å². The SMILES string of the molecule is COc1cc2c(OC)cnc(O[C@@H]3C[C@H]4C(=O)N[C@]5(C(=O)NS(=O)(=O)C6(CF)CC6)C[C@H]5C=CCC[C@@H](C)C[C@@H](C)[C@H](NC(=O)c5ccc(F)cc5F)C(=O)N4C3)c2cc1F. The van der Waals surface area contributed by atoms with Crippen molar-refractivity contribution in [2.75, 3.05) is 27.4 Å².